The molecule has 1 amide bonds. The largest absolute Gasteiger partial charge is 0.372 e. The molecule has 104 valence electrons. The minimum Gasteiger partial charge on any atom is -0.372 e. The monoisotopic (exact) mass is 286 g/mol. The van der Waals surface area contributed by atoms with Crippen molar-refractivity contribution in [3.05, 3.63) is 27.9 Å². The van der Waals surface area contributed by atoms with Crippen molar-refractivity contribution in [1.82, 2.24) is 10.3 Å². The van der Waals surface area contributed by atoms with Crippen LogP contribution in [0, 0.1) is 10.1 Å². The van der Waals surface area contributed by atoms with Crippen LogP contribution >= 0.6 is 0 Å². The first-order chi connectivity index (χ1) is 8.95. The predicted octanol–water partition coefficient (Wildman–Crippen LogP) is 0.140. The molecule has 0 saturated heterocycles. The summed E-state index contributed by atoms with van der Waals surface area (Å²) in [5, 5.41) is 15.9. The summed E-state index contributed by atoms with van der Waals surface area (Å²) >= 11 is 0. The van der Waals surface area contributed by atoms with Gasteiger partial charge in [-0.15, -0.1) is 0 Å². The molecule has 0 fully saturated rings. The van der Waals surface area contributed by atoms with Crippen LogP contribution in [0.2, 0.25) is 0 Å². The van der Waals surface area contributed by atoms with Gasteiger partial charge < -0.3 is 10.6 Å². The minimum atomic E-state index is -1.01. The van der Waals surface area contributed by atoms with E-state index in [2.05, 4.69) is 15.6 Å². The molecular weight excluding hydrogens is 272 g/mol. The van der Waals surface area contributed by atoms with Crippen molar-refractivity contribution >= 4 is 28.2 Å². The summed E-state index contributed by atoms with van der Waals surface area (Å²) in [6.45, 7) is 0.230. The maximum absolute atomic E-state index is 11.9. The van der Waals surface area contributed by atoms with Crippen molar-refractivity contribution in [3.63, 3.8) is 0 Å². The Hall–Kier alpha value is -2.03. The molecule has 0 aliphatic heterocycles. The van der Waals surface area contributed by atoms with Crippen molar-refractivity contribution in [2.75, 3.05) is 30.9 Å². The van der Waals surface area contributed by atoms with E-state index in [4.69, 9.17) is 0 Å². The van der Waals surface area contributed by atoms with Gasteiger partial charge in [-0.25, -0.2) is 4.98 Å². The number of carbonyl (C=O) groups excluding carboxylic acids is 1. The fourth-order valence-corrected chi connectivity index (χ4v) is 1.72. The molecule has 1 rings (SSSR count). The fraction of sp³-hybridized carbons (Fsp3) is 0.400. The quantitative estimate of drug-likeness (QED) is 0.568. The van der Waals surface area contributed by atoms with Crippen LogP contribution in [0.5, 0.6) is 0 Å². The van der Waals surface area contributed by atoms with Crippen LogP contribution in [0.4, 0.5) is 11.5 Å². The van der Waals surface area contributed by atoms with Crippen LogP contribution in [-0.2, 0) is 10.8 Å². The summed E-state index contributed by atoms with van der Waals surface area (Å²) in [5.41, 5.74) is -0.179. The van der Waals surface area contributed by atoms with Crippen molar-refractivity contribution < 1.29 is 13.9 Å². The fourth-order valence-electron chi connectivity index (χ4n) is 1.33. The highest BCUT2D eigenvalue weighted by Gasteiger charge is 2.17. The molecule has 9 heteroatoms. The van der Waals surface area contributed by atoms with E-state index >= 15 is 0 Å². The van der Waals surface area contributed by atoms with E-state index in [1.54, 1.807) is 7.05 Å². The van der Waals surface area contributed by atoms with Crippen molar-refractivity contribution in [2.24, 2.45) is 0 Å². The molecule has 2 N–H and O–H groups in total. The minimum absolute atomic E-state index is 0.0820. The zero-order chi connectivity index (χ0) is 14.4. The average molecular weight is 286 g/mol. The van der Waals surface area contributed by atoms with Gasteiger partial charge in [-0.2, -0.15) is 0 Å². The lowest BCUT2D eigenvalue weighted by atomic mass is 10.2. The van der Waals surface area contributed by atoms with Gasteiger partial charge in [0.05, 0.1) is 10.5 Å². The number of nitrogens with one attached hydrogen (secondary N) is 2. The van der Waals surface area contributed by atoms with E-state index in [1.807, 2.05) is 0 Å². The van der Waals surface area contributed by atoms with Gasteiger partial charge in [0.2, 0.25) is 0 Å². The Balaban J connectivity index is 2.89. The number of aromatic nitrogens is 1. The third kappa shape index (κ3) is 4.28. The number of carbonyl (C=O) groups is 1. The Morgan fingerprint density at radius 3 is 2.79 bits per heavy atom. The Morgan fingerprint density at radius 1 is 1.58 bits per heavy atom. The second-order valence-electron chi connectivity index (χ2n) is 3.63. The van der Waals surface area contributed by atoms with E-state index in [1.165, 1.54) is 6.26 Å². The topological polar surface area (TPSA) is 114 Å². The second-order valence-corrected chi connectivity index (χ2v) is 5.18. The Morgan fingerprint density at radius 2 is 2.26 bits per heavy atom. The molecule has 1 aromatic heterocycles. The van der Waals surface area contributed by atoms with Crippen molar-refractivity contribution in [1.29, 1.82) is 0 Å². The summed E-state index contributed by atoms with van der Waals surface area (Å²) < 4.78 is 10.9. The SMILES string of the molecule is CNc1ncc([N+](=O)[O-])cc1C(=O)NCCS(C)=O. The molecule has 0 aliphatic carbocycles. The lowest BCUT2D eigenvalue weighted by Gasteiger charge is -2.08. The van der Waals surface area contributed by atoms with Crippen LogP contribution in [0.15, 0.2) is 12.3 Å². The Kier molecular flexibility index (Phi) is 5.37. The van der Waals surface area contributed by atoms with E-state index in [-0.39, 0.29) is 23.6 Å². The molecule has 0 aliphatic rings. The number of rotatable bonds is 6. The average Bonchev–Trinajstić information content (AvgIpc) is 2.37. The van der Waals surface area contributed by atoms with Gasteiger partial charge in [0.1, 0.15) is 12.0 Å². The van der Waals surface area contributed by atoms with Gasteiger partial charge in [-0.1, -0.05) is 0 Å². The normalized spacial score (nSPS) is 11.7. The van der Waals surface area contributed by atoms with Crippen LogP contribution in [-0.4, -0.2) is 45.6 Å². The Labute approximate surface area is 112 Å². The third-order valence-corrected chi connectivity index (χ3v) is 3.02. The van der Waals surface area contributed by atoms with E-state index < -0.39 is 21.6 Å². The molecule has 0 radical (unpaired) electrons. The lowest BCUT2D eigenvalue weighted by molar-refractivity contribution is -0.385. The molecule has 0 aromatic carbocycles. The maximum Gasteiger partial charge on any atom is 0.288 e. The highest BCUT2D eigenvalue weighted by Crippen LogP contribution is 2.18. The number of amides is 1. The highest BCUT2D eigenvalue weighted by atomic mass is 32.2. The number of anilines is 1. The first kappa shape index (κ1) is 15.0. The summed E-state index contributed by atoms with van der Waals surface area (Å²) in [6.07, 6.45) is 2.60. The number of pyridine rings is 1. The molecule has 19 heavy (non-hydrogen) atoms. The van der Waals surface area contributed by atoms with Gasteiger partial charge in [0, 0.05) is 42.5 Å². The predicted molar refractivity (Wildman–Crippen MR) is 71.7 cm³/mol. The van der Waals surface area contributed by atoms with Crippen molar-refractivity contribution in [3.8, 4) is 0 Å². The number of hydrogen-bond acceptors (Lipinski definition) is 6. The third-order valence-electron chi connectivity index (χ3n) is 2.24. The summed E-state index contributed by atoms with van der Waals surface area (Å²) in [4.78, 5) is 25.7. The van der Waals surface area contributed by atoms with E-state index in [9.17, 15) is 19.1 Å². The molecule has 8 nitrogen and oxygen atoms in total. The van der Waals surface area contributed by atoms with Crippen LogP contribution < -0.4 is 10.6 Å². The number of hydrogen-bond donors (Lipinski definition) is 2. The van der Waals surface area contributed by atoms with Crippen LogP contribution in [0.3, 0.4) is 0 Å². The molecule has 0 spiro atoms. The lowest BCUT2D eigenvalue weighted by Crippen LogP contribution is -2.28. The number of nitro groups is 1. The molecule has 1 atom stereocenters. The highest BCUT2D eigenvalue weighted by molar-refractivity contribution is 7.84. The first-order valence-electron chi connectivity index (χ1n) is 5.36. The van der Waals surface area contributed by atoms with E-state index in [0.29, 0.717) is 5.75 Å². The maximum atomic E-state index is 11.9. The molecular formula is C10H14N4O4S. The second kappa shape index (κ2) is 6.78. The van der Waals surface area contributed by atoms with Crippen LogP contribution in [0.1, 0.15) is 10.4 Å². The van der Waals surface area contributed by atoms with Crippen molar-refractivity contribution in [2.45, 2.75) is 0 Å². The van der Waals surface area contributed by atoms with Gasteiger partial charge in [-0.3, -0.25) is 19.1 Å². The number of nitrogens with zero attached hydrogens (tertiary/aromatic N) is 2. The summed E-state index contributed by atoms with van der Waals surface area (Å²) in [7, 11) is 0.550. The summed E-state index contributed by atoms with van der Waals surface area (Å²) in [5.74, 6) is 0.0786. The Bertz CT molecular complexity index is 520. The molecule has 1 unspecified atom stereocenters. The van der Waals surface area contributed by atoms with Gasteiger partial charge in [-0.05, 0) is 0 Å². The molecule has 1 heterocycles. The van der Waals surface area contributed by atoms with Crippen LogP contribution in [0.25, 0.3) is 0 Å². The zero-order valence-corrected chi connectivity index (χ0v) is 11.3. The van der Waals surface area contributed by atoms with Gasteiger partial charge in [0.25, 0.3) is 11.6 Å². The van der Waals surface area contributed by atoms with Gasteiger partial charge >= 0.3 is 0 Å². The van der Waals surface area contributed by atoms with Gasteiger partial charge in [0.15, 0.2) is 0 Å². The smallest absolute Gasteiger partial charge is 0.288 e. The molecule has 0 saturated carbocycles. The summed E-state index contributed by atoms with van der Waals surface area (Å²) in [6, 6.07) is 1.15. The first-order valence-corrected chi connectivity index (χ1v) is 7.09. The standard InChI is InChI=1S/C10H14N4O4S/c1-11-9-8(5-7(6-13-9)14(16)17)10(15)12-3-4-19(2)18/h5-6H,3-4H2,1-2H3,(H,11,13)(H,12,15). The molecule has 1 aromatic rings. The zero-order valence-electron chi connectivity index (χ0n) is 10.5. The van der Waals surface area contributed by atoms with E-state index in [0.717, 1.165) is 12.3 Å². The molecule has 0 bridgehead atoms.